The molecule has 1 aromatic rings. The molecule has 0 aliphatic rings. The van der Waals surface area contributed by atoms with Crippen molar-refractivity contribution in [1.29, 1.82) is 0 Å². The van der Waals surface area contributed by atoms with Crippen LogP contribution >= 0.6 is 11.6 Å². The first-order chi connectivity index (χ1) is 8.65. The number of nitrogens with zero attached hydrogens (tertiary/aromatic N) is 1. The van der Waals surface area contributed by atoms with Crippen LogP contribution in [0.1, 0.15) is 20.8 Å². The van der Waals surface area contributed by atoms with Gasteiger partial charge in [-0.2, -0.15) is 0 Å². The third-order valence-electron chi connectivity index (χ3n) is 2.77. The highest BCUT2D eigenvalue weighted by molar-refractivity contribution is 7.89. The number of hydrogen-bond acceptors (Lipinski definition) is 4. The van der Waals surface area contributed by atoms with Crippen LogP contribution in [0.15, 0.2) is 23.1 Å². The van der Waals surface area contributed by atoms with E-state index < -0.39 is 20.6 Å². The van der Waals surface area contributed by atoms with Crippen LogP contribution in [-0.2, 0) is 10.0 Å². The van der Waals surface area contributed by atoms with Crippen molar-refractivity contribution in [3.8, 4) is 0 Å². The lowest BCUT2D eigenvalue weighted by Crippen LogP contribution is -2.36. The van der Waals surface area contributed by atoms with Gasteiger partial charge in [-0.1, -0.05) is 25.4 Å². The van der Waals surface area contributed by atoms with Crippen LogP contribution in [-0.4, -0.2) is 19.4 Å². The summed E-state index contributed by atoms with van der Waals surface area (Å²) < 4.78 is 26.6. The SMILES string of the molecule is CC(C)[C@@H](C)NS(=O)(=O)c1ccc(Cl)c([N+](=O)[O-])c1. The van der Waals surface area contributed by atoms with Crippen molar-refractivity contribution < 1.29 is 13.3 Å². The second-order valence-corrected chi connectivity index (χ2v) is 6.65. The lowest BCUT2D eigenvalue weighted by atomic mass is 10.1. The molecule has 0 saturated carbocycles. The average Bonchev–Trinajstić information content (AvgIpc) is 2.27. The number of sulfonamides is 1. The van der Waals surface area contributed by atoms with Crippen LogP contribution in [0.25, 0.3) is 0 Å². The van der Waals surface area contributed by atoms with Gasteiger partial charge >= 0.3 is 0 Å². The molecule has 0 heterocycles. The average molecular weight is 307 g/mol. The Kier molecular flexibility index (Phi) is 4.89. The minimum atomic E-state index is -3.79. The first-order valence-corrected chi connectivity index (χ1v) is 7.47. The van der Waals surface area contributed by atoms with E-state index in [-0.39, 0.29) is 21.9 Å². The number of benzene rings is 1. The van der Waals surface area contributed by atoms with Crippen molar-refractivity contribution in [2.24, 2.45) is 5.92 Å². The van der Waals surface area contributed by atoms with Gasteiger partial charge in [0.2, 0.25) is 10.0 Å². The molecular formula is C11H15ClN2O4S. The van der Waals surface area contributed by atoms with Gasteiger partial charge in [-0.15, -0.1) is 0 Å². The third kappa shape index (κ3) is 3.89. The Morgan fingerprint density at radius 1 is 1.32 bits per heavy atom. The minimum absolute atomic E-state index is 0.0964. The van der Waals surface area contributed by atoms with Crippen LogP contribution in [0, 0.1) is 16.0 Å². The molecule has 0 radical (unpaired) electrons. The van der Waals surface area contributed by atoms with Gasteiger partial charge in [-0.05, 0) is 25.0 Å². The molecule has 1 atom stereocenters. The van der Waals surface area contributed by atoms with Gasteiger partial charge in [0.05, 0.1) is 9.82 Å². The van der Waals surface area contributed by atoms with Gasteiger partial charge in [0, 0.05) is 12.1 Å². The largest absolute Gasteiger partial charge is 0.289 e. The highest BCUT2D eigenvalue weighted by atomic mass is 35.5. The van der Waals surface area contributed by atoms with Crippen molar-refractivity contribution in [1.82, 2.24) is 4.72 Å². The van der Waals surface area contributed by atoms with Crippen molar-refractivity contribution in [3.05, 3.63) is 33.3 Å². The molecule has 0 aromatic heterocycles. The molecule has 8 heteroatoms. The Labute approximate surface area is 117 Å². The summed E-state index contributed by atoms with van der Waals surface area (Å²) in [4.78, 5) is 9.85. The summed E-state index contributed by atoms with van der Waals surface area (Å²) in [6, 6.07) is 3.12. The molecule has 1 N–H and O–H groups in total. The molecule has 19 heavy (non-hydrogen) atoms. The van der Waals surface area contributed by atoms with E-state index in [1.165, 1.54) is 12.1 Å². The van der Waals surface area contributed by atoms with Crippen LogP contribution in [0.3, 0.4) is 0 Å². The predicted octanol–water partition coefficient (Wildman–Crippen LogP) is 2.57. The quantitative estimate of drug-likeness (QED) is 0.668. The number of nitro benzene ring substituents is 1. The topological polar surface area (TPSA) is 89.3 Å². The summed E-state index contributed by atoms with van der Waals surface area (Å²) in [5.74, 6) is 0.108. The predicted molar refractivity (Wildman–Crippen MR) is 72.7 cm³/mol. The molecule has 1 rings (SSSR count). The van der Waals surface area contributed by atoms with Crippen molar-refractivity contribution >= 4 is 27.3 Å². The zero-order valence-corrected chi connectivity index (χ0v) is 12.3. The molecule has 0 aliphatic carbocycles. The summed E-state index contributed by atoms with van der Waals surface area (Å²) in [6.45, 7) is 5.47. The highest BCUT2D eigenvalue weighted by Gasteiger charge is 2.23. The van der Waals surface area contributed by atoms with Crippen LogP contribution < -0.4 is 4.72 Å². The van der Waals surface area contributed by atoms with E-state index in [1.54, 1.807) is 6.92 Å². The number of halogens is 1. The lowest BCUT2D eigenvalue weighted by molar-refractivity contribution is -0.384. The molecule has 0 amide bonds. The van der Waals surface area contributed by atoms with E-state index in [0.717, 1.165) is 6.07 Å². The fourth-order valence-electron chi connectivity index (χ4n) is 1.25. The fourth-order valence-corrected chi connectivity index (χ4v) is 2.85. The Balaban J connectivity index is 3.16. The van der Waals surface area contributed by atoms with Gasteiger partial charge in [-0.3, -0.25) is 10.1 Å². The van der Waals surface area contributed by atoms with E-state index in [0.29, 0.717) is 0 Å². The second kappa shape index (κ2) is 5.85. The molecule has 0 saturated heterocycles. The van der Waals surface area contributed by atoms with Gasteiger partial charge in [0.25, 0.3) is 5.69 Å². The second-order valence-electron chi connectivity index (χ2n) is 4.52. The number of nitrogens with one attached hydrogen (secondary N) is 1. The van der Waals surface area contributed by atoms with E-state index >= 15 is 0 Å². The van der Waals surface area contributed by atoms with Gasteiger partial charge < -0.3 is 0 Å². The molecule has 0 spiro atoms. The van der Waals surface area contributed by atoms with Crippen LogP contribution in [0.4, 0.5) is 5.69 Å². The maximum Gasteiger partial charge on any atom is 0.289 e. The Morgan fingerprint density at radius 2 is 1.89 bits per heavy atom. The minimum Gasteiger partial charge on any atom is -0.258 e. The van der Waals surface area contributed by atoms with Gasteiger partial charge in [0.1, 0.15) is 5.02 Å². The lowest BCUT2D eigenvalue weighted by Gasteiger charge is -2.17. The van der Waals surface area contributed by atoms with Crippen molar-refractivity contribution in [2.75, 3.05) is 0 Å². The van der Waals surface area contributed by atoms with E-state index in [2.05, 4.69) is 4.72 Å². The van der Waals surface area contributed by atoms with Gasteiger partial charge in [0.15, 0.2) is 0 Å². The summed E-state index contributed by atoms with van der Waals surface area (Å²) in [5, 5.41) is 10.6. The van der Waals surface area contributed by atoms with Crippen molar-refractivity contribution in [2.45, 2.75) is 31.7 Å². The number of hydrogen-bond donors (Lipinski definition) is 1. The molecule has 6 nitrogen and oxygen atoms in total. The smallest absolute Gasteiger partial charge is 0.258 e. The summed E-state index contributed by atoms with van der Waals surface area (Å²) in [6.07, 6.45) is 0. The first-order valence-electron chi connectivity index (χ1n) is 5.61. The molecule has 0 bridgehead atoms. The molecule has 106 valence electrons. The molecule has 0 aliphatic heterocycles. The number of nitro groups is 1. The maximum atomic E-state index is 12.1. The molecule has 0 unspecified atom stereocenters. The van der Waals surface area contributed by atoms with Crippen LogP contribution in [0.5, 0.6) is 0 Å². The van der Waals surface area contributed by atoms with E-state index in [4.69, 9.17) is 11.6 Å². The Bertz CT molecular complexity index is 586. The zero-order valence-electron chi connectivity index (χ0n) is 10.8. The molecule has 0 fully saturated rings. The zero-order chi connectivity index (χ0) is 14.8. The normalized spacial score (nSPS) is 13.5. The first kappa shape index (κ1) is 15.9. The summed E-state index contributed by atoms with van der Waals surface area (Å²) >= 11 is 5.64. The number of rotatable bonds is 5. The van der Waals surface area contributed by atoms with E-state index in [1.807, 2.05) is 13.8 Å². The summed E-state index contributed by atoms with van der Waals surface area (Å²) in [7, 11) is -3.79. The standard InChI is InChI=1S/C11H15ClN2O4S/c1-7(2)8(3)13-19(17,18)9-4-5-10(12)11(6-9)14(15)16/h4-8,13H,1-3H3/t8-/m1/s1. The maximum absolute atomic E-state index is 12.1. The molecular weight excluding hydrogens is 292 g/mol. The van der Waals surface area contributed by atoms with E-state index in [9.17, 15) is 18.5 Å². The third-order valence-corrected chi connectivity index (χ3v) is 4.64. The Morgan fingerprint density at radius 3 is 2.37 bits per heavy atom. The monoisotopic (exact) mass is 306 g/mol. The van der Waals surface area contributed by atoms with Crippen LogP contribution in [0.2, 0.25) is 5.02 Å². The van der Waals surface area contributed by atoms with Gasteiger partial charge in [-0.25, -0.2) is 13.1 Å². The Hall–Kier alpha value is -1.18. The summed E-state index contributed by atoms with van der Waals surface area (Å²) in [5.41, 5.74) is -0.429. The highest BCUT2D eigenvalue weighted by Crippen LogP contribution is 2.27. The fraction of sp³-hybridized carbons (Fsp3) is 0.455. The van der Waals surface area contributed by atoms with Crippen molar-refractivity contribution in [3.63, 3.8) is 0 Å². The molecule has 1 aromatic carbocycles.